The number of pyridine rings is 1. The highest BCUT2D eigenvalue weighted by Gasteiger charge is 2.19. The van der Waals surface area contributed by atoms with Crippen LogP contribution in [-0.2, 0) is 11.3 Å². The van der Waals surface area contributed by atoms with E-state index in [2.05, 4.69) is 59.3 Å². The summed E-state index contributed by atoms with van der Waals surface area (Å²) in [6.45, 7) is 7.28. The monoisotopic (exact) mass is 409 g/mol. The molecule has 0 bridgehead atoms. The number of aliphatic imine (C=N–C) groups is 1. The second kappa shape index (κ2) is 7.44. The summed E-state index contributed by atoms with van der Waals surface area (Å²) >= 11 is 1.56. The zero-order chi connectivity index (χ0) is 20.6. The van der Waals surface area contributed by atoms with Crippen LogP contribution in [0.3, 0.4) is 0 Å². The standard InChI is InChI=1S/C21H23N5O2S/c1-21(2,3)26-19-17-18(29-16(25-17)11-23-20(27)28-4)14-6-5-12(9-15(14)24-19)13-7-8-22-10-13/h5-9H,10-11H2,1-4H3,(H,23,27)(H,24,26). The summed E-state index contributed by atoms with van der Waals surface area (Å²) in [5.41, 5.74) is 3.87. The molecule has 29 heavy (non-hydrogen) atoms. The van der Waals surface area contributed by atoms with Gasteiger partial charge in [-0.3, -0.25) is 4.99 Å². The minimum absolute atomic E-state index is 0.166. The first kappa shape index (κ1) is 19.3. The van der Waals surface area contributed by atoms with Crippen LogP contribution in [0.15, 0.2) is 29.3 Å². The van der Waals surface area contributed by atoms with Gasteiger partial charge in [0.2, 0.25) is 0 Å². The SMILES string of the molecule is COC(=O)NCc1nc2c(NC(C)(C)C)nc3cc(C4=CC=NC4)ccc3c2s1. The molecule has 0 radical (unpaired) electrons. The van der Waals surface area contributed by atoms with Gasteiger partial charge in [0.1, 0.15) is 10.5 Å². The molecule has 1 amide bonds. The number of nitrogens with zero attached hydrogens (tertiary/aromatic N) is 3. The van der Waals surface area contributed by atoms with Crippen LogP contribution in [0.1, 0.15) is 31.3 Å². The summed E-state index contributed by atoms with van der Waals surface area (Å²) < 4.78 is 5.70. The van der Waals surface area contributed by atoms with Crippen LogP contribution in [0.2, 0.25) is 0 Å². The number of rotatable bonds is 4. The molecule has 1 aromatic carbocycles. The van der Waals surface area contributed by atoms with Gasteiger partial charge in [-0.15, -0.1) is 11.3 Å². The Labute approximate surface area is 172 Å². The maximum Gasteiger partial charge on any atom is 0.407 e. The molecule has 0 fully saturated rings. The number of thiazole rings is 1. The van der Waals surface area contributed by atoms with E-state index in [-0.39, 0.29) is 5.54 Å². The number of hydrogen-bond donors (Lipinski definition) is 2. The van der Waals surface area contributed by atoms with Gasteiger partial charge in [-0.1, -0.05) is 12.1 Å². The van der Waals surface area contributed by atoms with Crippen LogP contribution in [0.4, 0.5) is 10.6 Å². The quantitative estimate of drug-likeness (QED) is 0.668. The molecule has 8 heteroatoms. The van der Waals surface area contributed by atoms with Gasteiger partial charge >= 0.3 is 6.09 Å². The van der Waals surface area contributed by atoms with Gasteiger partial charge in [-0.2, -0.15) is 0 Å². The smallest absolute Gasteiger partial charge is 0.407 e. The summed E-state index contributed by atoms with van der Waals surface area (Å²) in [4.78, 5) is 25.4. The van der Waals surface area contributed by atoms with E-state index in [1.165, 1.54) is 12.7 Å². The third kappa shape index (κ3) is 4.07. The molecule has 150 valence electrons. The highest BCUT2D eigenvalue weighted by molar-refractivity contribution is 7.19. The van der Waals surface area contributed by atoms with Crippen LogP contribution < -0.4 is 10.6 Å². The molecule has 0 saturated carbocycles. The number of nitrogens with one attached hydrogen (secondary N) is 2. The van der Waals surface area contributed by atoms with Crippen molar-refractivity contribution in [2.45, 2.75) is 32.9 Å². The lowest BCUT2D eigenvalue weighted by molar-refractivity contribution is 0.170. The Bertz CT molecular complexity index is 1160. The van der Waals surface area contributed by atoms with Crippen molar-refractivity contribution < 1.29 is 9.53 Å². The number of ether oxygens (including phenoxy) is 1. The molecule has 1 aliphatic rings. The van der Waals surface area contributed by atoms with Crippen molar-refractivity contribution in [3.63, 3.8) is 0 Å². The normalized spacial score (nSPS) is 13.7. The molecule has 2 N–H and O–H groups in total. The second-order valence-electron chi connectivity index (χ2n) is 7.88. The Morgan fingerprint density at radius 3 is 2.79 bits per heavy atom. The zero-order valence-electron chi connectivity index (χ0n) is 16.9. The number of carbonyl (C=O) groups is 1. The van der Waals surface area contributed by atoms with E-state index in [0.29, 0.717) is 13.1 Å². The van der Waals surface area contributed by atoms with Crippen molar-refractivity contribution >= 4 is 56.2 Å². The number of methoxy groups -OCH3 is 1. The van der Waals surface area contributed by atoms with Crippen LogP contribution in [-0.4, -0.2) is 41.5 Å². The Kier molecular flexibility index (Phi) is 4.96. The molecular formula is C21H23N5O2S. The molecular weight excluding hydrogens is 386 g/mol. The molecule has 3 aromatic rings. The minimum atomic E-state index is -0.475. The number of benzene rings is 1. The number of carbonyl (C=O) groups excluding carboxylic acids is 1. The summed E-state index contributed by atoms with van der Waals surface area (Å²) in [6.07, 6.45) is 3.40. The number of amides is 1. The second-order valence-corrected chi connectivity index (χ2v) is 8.96. The number of anilines is 1. The fourth-order valence-electron chi connectivity index (χ4n) is 3.17. The average Bonchev–Trinajstić information content (AvgIpc) is 3.34. The van der Waals surface area contributed by atoms with Crippen molar-refractivity contribution in [1.29, 1.82) is 0 Å². The summed E-state index contributed by atoms with van der Waals surface area (Å²) in [5, 5.41) is 8.02. The first-order valence-electron chi connectivity index (χ1n) is 9.36. The molecule has 2 aromatic heterocycles. The summed E-state index contributed by atoms with van der Waals surface area (Å²) in [7, 11) is 1.35. The highest BCUT2D eigenvalue weighted by Crippen LogP contribution is 2.36. The number of fused-ring (bicyclic) bond motifs is 3. The topological polar surface area (TPSA) is 88.5 Å². The lowest BCUT2D eigenvalue weighted by atomic mass is 10.0. The van der Waals surface area contributed by atoms with Crippen molar-refractivity contribution in [3.8, 4) is 0 Å². The van der Waals surface area contributed by atoms with Crippen molar-refractivity contribution in [2.75, 3.05) is 19.0 Å². The van der Waals surface area contributed by atoms with E-state index < -0.39 is 6.09 Å². The van der Waals surface area contributed by atoms with Crippen molar-refractivity contribution in [2.24, 2.45) is 4.99 Å². The number of aromatic nitrogens is 2. The molecule has 0 spiro atoms. The number of hydrogen-bond acceptors (Lipinski definition) is 7. The van der Waals surface area contributed by atoms with Crippen LogP contribution in [0.5, 0.6) is 0 Å². The Hall–Kier alpha value is -3.00. The first-order valence-corrected chi connectivity index (χ1v) is 10.2. The maximum absolute atomic E-state index is 11.4. The van der Waals surface area contributed by atoms with Crippen LogP contribution in [0.25, 0.3) is 26.7 Å². The lowest BCUT2D eigenvalue weighted by Gasteiger charge is -2.22. The van der Waals surface area contributed by atoms with Gasteiger partial charge in [0.05, 0.1) is 30.4 Å². The summed E-state index contributed by atoms with van der Waals surface area (Å²) in [5.74, 6) is 0.745. The molecule has 0 aliphatic carbocycles. The van der Waals surface area contributed by atoms with E-state index in [0.717, 1.165) is 37.5 Å². The van der Waals surface area contributed by atoms with Gasteiger partial charge in [-0.05, 0) is 44.1 Å². The van der Waals surface area contributed by atoms with E-state index in [1.807, 2.05) is 12.3 Å². The fraction of sp³-hybridized carbons (Fsp3) is 0.333. The van der Waals surface area contributed by atoms with Crippen LogP contribution >= 0.6 is 11.3 Å². The minimum Gasteiger partial charge on any atom is -0.453 e. The first-order chi connectivity index (χ1) is 13.8. The molecule has 4 rings (SSSR count). The van der Waals surface area contributed by atoms with Gasteiger partial charge in [0.15, 0.2) is 5.82 Å². The molecule has 0 saturated heterocycles. The predicted octanol–water partition coefficient (Wildman–Crippen LogP) is 4.38. The Balaban J connectivity index is 1.83. The van der Waals surface area contributed by atoms with E-state index >= 15 is 0 Å². The average molecular weight is 410 g/mol. The largest absolute Gasteiger partial charge is 0.453 e. The van der Waals surface area contributed by atoms with Gasteiger partial charge in [-0.25, -0.2) is 14.8 Å². The lowest BCUT2D eigenvalue weighted by Crippen LogP contribution is -2.26. The highest BCUT2D eigenvalue weighted by atomic mass is 32.1. The van der Waals surface area contributed by atoms with Gasteiger partial charge < -0.3 is 15.4 Å². The third-order valence-electron chi connectivity index (χ3n) is 4.45. The predicted molar refractivity (Wildman–Crippen MR) is 119 cm³/mol. The number of alkyl carbamates (subject to hydrolysis) is 1. The Morgan fingerprint density at radius 2 is 2.10 bits per heavy atom. The number of allylic oxidation sites excluding steroid dienone is 1. The maximum atomic E-state index is 11.4. The van der Waals surface area contributed by atoms with Crippen molar-refractivity contribution in [3.05, 3.63) is 34.8 Å². The van der Waals surface area contributed by atoms with Crippen LogP contribution in [0, 0.1) is 0 Å². The van der Waals surface area contributed by atoms with E-state index in [1.54, 1.807) is 11.3 Å². The third-order valence-corrected chi connectivity index (χ3v) is 5.54. The zero-order valence-corrected chi connectivity index (χ0v) is 17.7. The Morgan fingerprint density at radius 1 is 1.28 bits per heavy atom. The summed E-state index contributed by atoms with van der Waals surface area (Å²) in [6, 6.07) is 6.30. The fourth-order valence-corrected chi connectivity index (χ4v) is 4.21. The molecule has 0 unspecified atom stereocenters. The molecule has 1 aliphatic heterocycles. The van der Waals surface area contributed by atoms with Crippen molar-refractivity contribution in [1.82, 2.24) is 15.3 Å². The van der Waals surface area contributed by atoms with Gasteiger partial charge in [0.25, 0.3) is 0 Å². The molecule has 0 atom stereocenters. The van der Waals surface area contributed by atoms with E-state index in [4.69, 9.17) is 9.97 Å². The molecule has 7 nitrogen and oxygen atoms in total. The van der Waals surface area contributed by atoms with E-state index in [9.17, 15) is 4.79 Å². The van der Waals surface area contributed by atoms with Gasteiger partial charge in [0, 0.05) is 17.1 Å². The molecule has 3 heterocycles.